The van der Waals surface area contributed by atoms with Crippen LogP contribution in [0.1, 0.15) is 42.4 Å². The van der Waals surface area contributed by atoms with Crippen molar-refractivity contribution in [3.05, 3.63) is 22.8 Å². The van der Waals surface area contributed by atoms with Crippen LogP contribution in [0, 0.1) is 0 Å². The number of nitrogens with zero attached hydrogens (tertiary/aromatic N) is 2. The Hall–Kier alpha value is -2.00. The third kappa shape index (κ3) is 3.34. The molecule has 0 saturated heterocycles. The first kappa shape index (κ1) is 18.4. The van der Waals surface area contributed by atoms with E-state index >= 15 is 0 Å². The molecule has 0 unspecified atom stereocenters. The lowest BCUT2D eigenvalue weighted by Gasteiger charge is -2.41. The Kier molecular flexibility index (Phi) is 3.91. The Morgan fingerprint density at radius 3 is 2.74 bits per heavy atom. The molecule has 1 amide bonds. The van der Waals surface area contributed by atoms with Gasteiger partial charge in [0.05, 0.1) is 29.6 Å². The average molecular weight is 396 g/mol. The van der Waals surface area contributed by atoms with E-state index in [1.54, 1.807) is 38.1 Å². The van der Waals surface area contributed by atoms with Crippen LogP contribution < -0.4 is 10.2 Å². The van der Waals surface area contributed by atoms with Crippen molar-refractivity contribution in [1.82, 2.24) is 15.5 Å². The number of anilines is 1. The summed E-state index contributed by atoms with van der Waals surface area (Å²) in [6, 6.07) is 0. The molecule has 27 heavy (non-hydrogen) atoms. The van der Waals surface area contributed by atoms with Crippen LogP contribution >= 0.6 is 11.3 Å². The van der Waals surface area contributed by atoms with Crippen LogP contribution in [0.4, 0.5) is 14.5 Å². The molecule has 0 saturated carbocycles. The molecule has 4 heterocycles. The zero-order valence-electron chi connectivity index (χ0n) is 15.4. The number of carbonyl (C=O) groups excluding carboxylic acids is 1. The lowest BCUT2D eigenvalue weighted by atomic mass is 9.87. The first-order chi connectivity index (χ1) is 12.5. The fraction of sp³-hybridized carbons (Fsp3) is 0.556. The van der Waals surface area contributed by atoms with Crippen molar-refractivity contribution in [2.24, 2.45) is 0 Å². The van der Waals surface area contributed by atoms with Crippen molar-refractivity contribution in [3.63, 3.8) is 0 Å². The van der Waals surface area contributed by atoms with Crippen molar-refractivity contribution >= 4 is 22.9 Å². The number of aromatic nitrogens is 2. The lowest BCUT2D eigenvalue weighted by molar-refractivity contribution is 0.00318. The van der Waals surface area contributed by atoms with Gasteiger partial charge in [-0.15, -0.1) is 11.3 Å². The van der Waals surface area contributed by atoms with E-state index < -0.39 is 30.0 Å². The van der Waals surface area contributed by atoms with Gasteiger partial charge in [0, 0.05) is 41.6 Å². The quantitative estimate of drug-likeness (QED) is 0.745. The van der Waals surface area contributed by atoms with E-state index in [-0.39, 0.29) is 18.9 Å². The Labute approximate surface area is 159 Å². The number of rotatable bonds is 3. The van der Waals surface area contributed by atoms with Crippen LogP contribution in [0.15, 0.2) is 12.4 Å². The van der Waals surface area contributed by atoms with Gasteiger partial charge in [-0.25, -0.2) is 8.78 Å². The Balaban J connectivity index is 1.84. The summed E-state index contributed by atoms with van der Waals surface area (Å²) < 4.78 is 29.2. The Morgan fingerprint density at radius 2 is 2.11 bits per heavy atom. The number of carbonyl (C=O) groups is 1. The number of halogens is 2. The highest BCUT2D eigenvalue weighted by Gasteiger charge is 2.48. The van der Waals surface area contributed by atoms with Crippen molar-refractivity contribution in [1.29, 1.82) is 0 Å². The molecule has 2 aliphatic rings. The molecule has 2 aliphatic heterocycles. The van der Waals surface area contributed by atoms with Gasteiger partial charge in [-0.05, 0) is 20.8 Å². The second-order valence-corrected chi connectivity index (χ2v) is 9.49. The Morgan fingerprint density at radius 1 is 1.37 bits per heavy atom. The third-order valence-electron chi connectivity index (χ3n) is 4.90. The summed E-state index contributed by atoms with van der Waals surface area (Å²) in [5, 5.41) is 19.8. The minimum atomic E-state index is -2.90. The Bertz CT molecular complexity index is 888. The molecule has 9 heteroatoms. The van der Waals surface area contributed by atoms with E-state index in [1.807, 2.05) is 0 Å². The third-order valence-corrected chi connectivity index (χ3v) is 6.17. The molecule has 3 N–H and O–H groups in total. The monoisotopic (exact) mass is 396 g/mol. The van der Waals surface area contributed by atoms with Crippen LogP contribution in [0.5, 0.6) is 0 Å². The van der Waals surface area contributed by atoms with E-state index in [1.165, 1.54) is 11.3 Å². The number of hydrogen-bond acceptors (Lipinski definition) is 5. The van der Waals surface area contributed by atoms with Gasteiger partial charge in [0.25, 0.3) is 11.8 Å². The number of H-pyrrole nitrogens is 1. The summed E-state index contributed by atoms with van der Waals surface area (Å²) in [7, 11) is 0. The maximum atomic E-state index is 14.6. The molecule has 4 rings (SSSR count). The highest BCUT2D eigenvalue weighted by molar-refractivity contribution is 7.18. The fourth-order valence-electron chi connectivity index (χ4n) is 4.37. The molecule has 0 radical (unpaired) electrons. The van der Waals surface area contributed by atoms with Crippen molar-refractivity contribution in [2.75, 3.05) is 18.0 Å². The summed E-state index contributed by atoms with van der Waals surface area (Å²) in [6.07, 6.45) is 3.09. The molecule has 0 spiro atoms. The second kappa shape index (κ2) is 5.75. The maximum absolute atomic E-state index is 14.6. The molecule has 0 aromatic carbocycles. The van der Waals surface area contributed by atoms with E-state index in [2.05, 4.69) is 15.5 Å². The van der Waals surface area contributed by atoms with E-state index in [9.17, 15) is 18.7 Å². The van der Waals surface area contributed by atoms with Crippen LogP contribution in [-0.4, -0.2) is 51.4 Å². The van der Waals surface area contributed by atoms with Crippen LogP contribution in [0.3, 0.4) is 0 Å². The molecule has 1 atom stereocenters. The molecular weight excluding hydrogens is 374 g/mol. The molecule has 2 aromatic heterocycles. The smallest absolute Gasteiger partial charge is 0.269 e. The van der Waals surface area contributed by atoms with Gasteiger partial charge in [-0.3, -0.25) is 9.89 Å². The SMILES string of the molecule is CC(C)(O)C[C@]1(C)CN2CC(F)(F)Cc3c(-c4cn[nH]c4)sc(c32)C(=O)N1. The first-order valence-electron chi connectivity index (χ1n) is 8.79. The molecule has 0 bridgehead atoms. The highest BCUT2D eigenvalue weighted by Crippen LogP contribution is 2.49. The summed E-state index contributed by atoms with van der Waals surface area (Å²) in [6.45, 7) is 4.87. The van der Waals surface area contributed by atoms with Crippen LogP contribution in [0.25, 0.3) is 10.4 Å². The zero-order valence-corrected chi connectivity index (χ0v) is 16.2. The number of alkyl halides is 2. The molecule has 146 valence electrons. The average Bonchev–Trinajstić information content (AvgIpc) is 3.07. The number of amides is 1. The molecule has 2 aromatic rings. The van der Waals surface area contributed by atoms with Gasteiger partial charge in [0.2, 0.25) is 0 Å². The van der Waals surface area contributed by atoms with Crippen molar-refractivity contribution in [3.8, 4) is 10.4 Å². The number of aliphatic hydroxyl groups is 1. The standard InChI is InChI=1S/C18H22F2N4O2S/c1-16(2,26)7-17(3)8-24-9-18(19,20)4-11-12(24)14(15(25)23-17)27-13(11)10-5-21-22-6-10/h5-6,26H,4,7-9H2,1-3H3,(H,21,22)(H,23,25)/t17-/m1/s1. The fourth-order valence-corrected chi connectivity index (χ4v) is 5.59. The van der Waals surface area contributed by atoms with Crippen molar-refractivity contribution < 1.29 is 18.7 Å². The highest BCUT2D eigenvalue weighted by atomic mass is 32.1. The van der Waals surface area contributed by atoms with E-state index in [4.69, 9.17) is 0 Å². The largest absolute Gasteiger partial charge is 0.390 e. The van der Waals surface area contributed by atoms with Gasteiger partial charge in [-0.2, -0.15) is 5.10 Å². The summed E-state index contributed by atoms with van der Waals surface area (Å²) in [5.41, 5.74) is -0.0700. The molecule has 6 nitrogen and oxygen atoms in total. The molecule has 0 aliphatic carbocycles. The van der Waals surface area contributed by atoms with Gasteiger partial charge in [-0.1, -0.05) is 0 Å². The number of thiophene rings is 1. The van der Waals surface area contributed by atoms with Crippen LogP contribution in [0.2, 0.25) is 0 Å². The van der Waals surface area contributed by atoms with Crippen molar-refractivity contribution in [2.45, 2.75) is 50.7 Å². The maximum Gasteiger partial charge on any atom is 0.269 e. The molecule has 0 fully saturated rings. The minimum absolute atomic E-state index is 0.208. The predicted octanol–water partition coefficient (Wildman–Crippen LogP) is 2.80. The molecular formula is C18H22F2N4O2S. The first-order valence-corrected chi connectivity index (χ1v) is 9.61. The van der Waals surface area contributed by atoms with Gasteiger partial charge >= 0.3 is 0 Å². The topological polar surface area (TPSA) is 81.2 Å². The normalized spacial score (nSPS) is 24.4. The zero-order chi connectivity index (χ0) is 19.6. The lowest BCUT2D eigenvalue weighted by Crippen LogP contribution is -2.56. The second-order valence-electron chi connectivity index (χ2n) is 8.47. The van der Waals surface area contributed by atoms with Crippen LogP contribution in [-0.2, 0) is 6.42 Å². The summed E-state index contributed by atoms with van der Waals surface area (Å²) in [5.74, 6) is -3.18. The minimum Gasteiger partial charge on any atom is -0.390 e. The summed E-state index contributed by atoms with van der Waals surface area (Å²) >= 11 is 1.22. The van der Waals surface area contributed by atoms with Gasteiger partial charge in [0.1, 0.15) is 4.88 Å². The summed E-state index contributed by atoms with van der Waals surface area (Å²) in [4.78, 5) is 15.7. The predicted molar refractivity (Wildman–Crippen MR) is 99.6 cm³/mol. The number of hydrogen-bond donors (Lipinski definition) is 3. The van der Waals surface area contributed by atoms with E-state index in [0.717, 1.165) is 0 Å². The number of nitrogens with one attached hydrogen (secondary N) is 2. The number of aromatic amines is 1. The van der Waals surface area contributed by atoms with Gasteiger partial charge < -0.3 is 15.3 Å². The van der Waals surface area contributed by atoms with E-state index in [0.29, 0.717) is 26.6 Å². The van der Waals surface area contributed by atoms with Gasteiger partial charge in [0.15, 0.2) is 0 Å².